The molecule has 0 unspecified atom stereocenters. The summed E-state index contributed by atoms with van der Waals surface area (Å²) in [5.74, 6) is -0.895. The van der Waals surface area contributed by atoms with Crippen molar-refractivity contribution >= 4 is 22.8 Å². The number of carbonyl (C=O) groups excluding carboxylic acids is 2. The number of aromatic nitrogens is 2. The van der Waals surface area contributed by atoms with Gasteiger partial charge in [0.25, 0.3) is 11.5 Å². The van der Waals surface area contributed by atoms with Crippen LogP contribution in [-0.2, 0) is 17.8 Å². The average molecular weight is 461 g/mol. The fourth-order valence-electron chi connectivity index (χ4n) is 4.67. The Hall–Kier alpha value is -3.68. The minimum absolute atomic E-state index is 0.0267. The second kappa shape index (κ2) is 9.29. The number of nitrogens with one attached hydrogen (secondary N) is 1. The minimum atomic E-state index is -0.574. The zero-order valence-corrected chi connectivity index (χ0v) is 19.0. The summed E-state index contributed by atoms with van der Waals surface area (Å²) in [7, 11) is 0. The van der Waals surface area contributed by atoms with E-state index in [2.05, 4.69) is 10.3 Å². The van der Waals surface area contributed by atoms with E-state index in [1.807, 2.05) is 36.4 Å². The first-order chi connectivity index (χ1) is 16.5. The van der Waals surface area contributed by atoms with E-state index in [1.54, 1.807) is 11.1 Å². The number of likely N-dealkylation sites (tertiary alicyclic amines) is 1. The lowest BCUT2D eigenvalue weighted by atomic mass is 9.93. The van der Waals surface area contributed by atoms with Crippen molar-refractivity contribution in [3.05, 3.63) is 69.6 Å². The van der Waals surface area contributed by atoms with Crippen molar-refractivity contribution in [1.82, 2.24) is 19.8 Å². The van der Waals surface area contributed by atoms with Gasteiger partial charge in [-0.1, -0.05) is 30.3 Å². The molecule has 34 heavy (non-hydrogen) atoms. The third-order valence-corrected chi connectivity index (χ3v) is 6.82. The van der Waals surface area contributed by atoms with Crippen LogP contribution in [-0.4, -0.2) is 50.5 Å². The molecule has 176 valence electrons. The normalized spacial score (nSPS) is 16.1. The standard InChI is InChI=1S/C26H28N4O4/c31-21-10-5-11-29(21)12-13-30-20-15-18(14-17-6-2-1-3-7-17)16-27-23(20)24(32)22(26(30)34)25(33)28-19-8-4-9-19/h1-3,6-7,15-16,19,32H,4-5,8-14H2,(H,28,33). The Morgan fingerprint density at radius 3 is 2.56 bits per heavy atom. The van der Waals surface area contributed by atoms with Gasteiger partial charge in [-0.2, -0.15) is 0 Å². The van der Waals surface area contributed by atoms with Crippen molar-refractivity contribution in [3.8, 4) is 5.75 Å². The molecular weight excluding hydrogens is 432 g/mol. The van der Waals surface area contributed by atoms with E-state index in [-0.39, 0.29) is 29.6 Å². The summed E-state index contributed by atoms with van der Waals surface area (Å²) < 4.78 is 1.48. The van der Waals surface area contributed by atoms with Gasteiger partial charge in [0.1, 0.15) is 11.1 Å². The molecule has 2 fully saturated rings. The van der Waals surface area contributed by atoms with Crippen LogP contribution in [0.3, 0.4) is 0 Å². The molecule has 2 N–H and O–H groups in total. The van der Waals surface area contributed by atoms with E-state index in [1.165, 1.54) is 4.57 Å². The van der Waals surface area contributed by atoms with Crippen LogP contribution >= 0.6 is 0 Å². The summed E-state index contributed by atoms with van der Waals surface area (Å²) in [6, 6.07) is 11.8. The molecule has 0 radical (unpaired) electrons. The van der Waals surface area contributed by atoms with Crippen molar-refractivity contribution in [3.63, 3.8) is 0 Å². The van der Waals surface area contributed by atoms with E-state index in [9.17, 15) is 19.5 Å². The molecule has 2 aromatic heterocycles. The van der Waals surface area contributed by atoms with Crippen LogP contribution in [0.1, 0.15) is 53.6 Å². The summed E-state index contributed by atoms with van der Waals surface area (Å²) in [5.41, 5.74) is 1.81. The van der Waals surface area contributed by atoms with Gasteiger partial charge in [0.15, 0.2) is 5.75 Å². The number of hydrogen-bond acceptors (Lipinski definition) is 5. The first-order valence-corrected chi connectivity index (χ1v) is 11.9. The summed E-state index contributed by atoms with van der Waals surface area (Å²) in [4.78, 5) is 44.7. The van der Waals surface area contributed by atoms with Gasteiger partial charge in [-0.25, -0.2) is 0 Å². The van der Waals surface area contributed by atoms with Gasteiger partial charge in [-0.15, -0.1) is 0 Å². The molecule has 3 heterocycles. The number of amides is 2. The lowest BCUT2D eigenvalue weighted by molar-refractivity contribution is -0.127. The summed E-state index contributed by atoms with van der Waals surface area (Å²) >= 11 is 0. The fourth-order valence-corrected chi connectivity index (χ4v) is 4.67. The van der Waals surface area contributed by atoms with Crippen molar-refractivity contribution < 1.29 is 14.7 Å². The Labute approximate surface area is 197 Å². The number of rotatable bonds is 7. The fraction of sp³-hybridized carbons (Fsp3) is 0.385. The van der Waals surface area contributed by atoms with Crippen LogP contribution in [0, 0.1) is 0 Å². The van der Waals surface area contributed by atoms with Crippen LogP contribution in [0.25, 0.3) is 11.0 Å². The molecule has 3 aromatic rings. The second-order valence-corrected chi connectivity index (χ2v) is 9.14. The highest BCUT2D eigenvalue weighted by Crippen LogP contribution is 2.27. The zero-order chi connectivity index (χ0) is 23.7. The monoisotopic (exact) mass is 460 g/mol. The van der Waals surface area contributed by atoms with E-state index < -0.39 is 17.2 Å². The Morgan fingerprint density at radius 2 is 1.88 bits per heavy atom. The molecule has 8 heteroatoms. The quantitative estimate of drug-likeness (QED) is 0.564. The summed E-state index contributed by atoms with van der Waals surface area (Å²) in [6.45, 7) is 1.25. The molecule has 8 nitrogen and oxygen atoms in total. The maximum absolute atomic E-state index is 13.5. The smallest absolute Gasteiger partial charge is 0.267 e. The highest BCUT2D eigenvalue weighted by molar-refractivity contribution is 6.01. The molecule has 1 saturated carbocycles. The SMILES string of the molecule is O=C(NC1CCC1)c1c(O)c2ncc(Cc3ccccc3)cc2n(CCN2CCCC2=O)c1=O. The minimum Gasteiger partial charge on any atom is -0.505 e. The maximum Gasteiger partial charge on any atom is 0.267 e. The molecule has 1 aliphatic carbocycles. The van der Waals surface area contributed by atoms with Crippen molar-refractivity contribution in [2.45, 2.75) is 51.1 Å². The van der Waals surface area contributed by atoms with Gasteiger partial charge in [0, 0.05) is 38.3 Å². The van der Waals surface area contributed by atoms with Crippen LogP contribution in [0.5, 0.6) is 5.75 Å². The zero-order valence-electron chi connectivity index (χ0n) is 19.0. The molecule has 0 bridgehead atoms. The molecule has 1 aromatic carbocycles. The third kappa shape index (κ3) is 4.27. The Kier molecular flexibility index (Phi) is 6.04. The highest BCUT2D eigenvalue weighted by Gasteiger charge is 2.28. The van der Waals surface area contributed by atoms with Gasteiger partial charge in [0.2, 0.25) is 5.91 Å². The molecule has 2 aliphatic rings. The van der Waals surface area contributed by atoms with Crippen molar-refractivity contribution in [2.75, 3.05) is 13.1 Å². The summed E-state index contributed by atoms with van der Waals surface area (Å²) in [5, 5.41) is 13.8. The van der Waals surface area contributed by atoms with Crippen LogP contribution in [0.2, 0.25) is 0 Å². The maximum atomic E-state index is 13.5. The van der Waals surface area contributed by atoms with E-state index in [0.29, 0.717) is 31.4 Å². The molecular formula is C26H28N4O4. The first kappa shape index (κ1) is 22.1. The lowest BCUT2D eigenvalue weighted by Gasteiger charge is -2.26. The number of fused-ring (bicyclic) bond motifs is 1. The van der Waals surface area contributed by atoms with E-state index >= 15 is 0 Å². The van der Waals surface area contributed by atoms with E-state index in [0.717, 1.165) is 36.8 Å². The first-order valence-electron chi connectivity index (χ1n) is 11.9. The van der Waals surface area contributed by atoms with Gasteiger partial charge in [-0.05, 0) is 49.3 Å². The Bertz CT molecular complexity index is 1300. The van der Waals surface area contributed by atoms with E-state index in [4.69, 9.17) is 0 Å². The second-order valence-electron chi connectivity index (χ2n) is 9.14. The molecule has 5 rings (SSSR count). The van der Waals surface area contributed by atoms with Gasteiger partial charge >= 0.3 is 0 Å². The number of hydrogen-bond donors (Lipinski definition) is 2. The van der Waals surface area contributed by atoms with Gasteiger partial charge in [0.05, 0.1) is 5.52 Å². The highest BCUT2D eigenvalue weighted by atomic mass is 16.3. The lowest BCUT2D eigenvalue weighted by Crippen LogP contribution is -2.42. The number of benzene rings is 1. The largest absolute Gasteiger partial charge is 0.505 e. The molecule has 0 atom stereocenters. The molecule has 1 saturated heterocycles. The van der Waals surface area contributed by atoms with Crippen LogP contribution in [0.15, 0.2) is 47.4 Å². The number of nitrogens with zero attached hydrogens (tertiary/aromatic N) is 3. The molecule has 2 amide bonds. The number of carbonyl (C=O) groups is 2. The predicted molar refractivity (Wildman–Crippen MR) is 128 cm³/mol. The average Bonchev–Trinajstić information content (AvgIpc) is 3.21. The van der Waals surface area contributed by atoms with Crippen LogP contribution < -0.4 is 10.9 Å². The Morgan fingerprint density at radius 1 is 1.09 bits per heavy atom. The van der Waals surface area contributed by atoms with Gasteiger partial charge < -0.3 is 19.9 Å². The van der Waals surface area contributed by atoms with Gasteiger partial charge in [-0.3, -0.25) is 19.4 Å². The Balaban J connectivity index is 1.56. The topological polar surface area (TPSA) is 105 Å². The molecule has 1 aliphatic heterocycles. The van der Waals surface area contributed by atoms with Crippen molar-refractivity contribution in [2.24, 2.45) is 0 Å². The summed E-state index contributed by atoms with van der Waals surface area (Å²) in [6.07, 6.45) is 6.38. The predicted octanol–water partition coefficient (Wildman–Crippen LogP) is 2.60. The third-order valence-electron chi connectivity index (χ3n) is 6.82. The van der Waals surface area contributed by atoms with Crippen molar-refractivity contribution in [1.29, 1.82) is 0 Å². The molecule has 0 spiro atoms. The number of aromatic hydroxyl groups is 1. The van der Waals surface area contributed by atoms with Crippen LogP contribution in [0.4, 0.5) is 0 Å². The number of pyridine rings is 2.